The van der Waals surface area contributed by atoms with E-state index in [1.807, 2.05) is 11.8 Å². The summed E-state index contributed by atoms with van der Waals surface area (Å²) < 4.78 is 0. The summed E-state index contributed by atoms with van der Waals surface area (Å²) in [4.78, 5) is 2.73. The molecule has 256 valence electrons. The van der Waals surface area contributed by atoms with Crippen molar-refractivity contribution in [3.8, 4) is 11.5 Å². The van der Waals surface area contributed by atoms with Gasteiger partial charge in [0.1, 0.15) is 11.5 Å². The maximum atomic E-state index is 11.7. The molecule has 2 rings (SSSR count). The van der Waals surface area contributed by atoms with Crippen molar-refractivity contribution in [2.24, 2.45) is 0 Å². The molecular weight excluding hydrogens is 569 g/mol. The molecule has 0 radical (unpaired) electrons. The monoisotopic (exact) mass is 639 g/mol. The van der Waals surface area contributed by atoms with Gasteiger partial charge in [0.2, 0.25) is 0 Å². The van der Waals surface area contributed by atoms with Gasteiger partial charge >= 0.3 is 0 Å². The molecule has 0 amide bonds. The Hall–Kier alpha value is -1.61. The molecule has 0 heterocycles. The number of benzene rings is 2. The van der Waals surface area contributed by atoms with E-state index in [2.05, 4.69) is 53.7 Å². The summed E-state index contributed by atoms with van der Waals surface area (Å²) in [5.74, 6) is 1.18. The number of hydrogen-bond donors (Lipinski definition) is 2. The quantitative estimate of drug-likeness (QED) is 0.101. The molecule has 0 aliphatic carbocycles. The highest BCUT2D eigenvalue weighted by atomic mass is 32.2. The van der Waals surface area contributed by atoms with E-state index in [4.69, 9.17) is 0 Å². The minimum absolute atomic E-state index is 0.590. The number of aryl methyl sites for hydroxylation is 2. The van der Waals surface area contributed by atoms with Crippen molar-refractivity contribution in [2.75, 3.05) is 0 Å². The van der Waals surface area contributed by atoms with Crippen molar-refractivity contribution in [1.29, 1.82) is 0 Å². The predicted octanol–water partition coefficient (Wildman–Crippen LogP) is 13.6. The Morgan fingerprint density at radius 3 is 0.933 bits per heavy atom. The fraction of sp³-hybridized carbons (Fsp3) is 0.714. The van der Waals surface area contributed by atoms with E-state index >= 15 is 0 Å². The zero-order valence-corrected chi connectivity index (χ0v) is 31.2. The lowest BCUT2D eigenvalue weighted by atomic mass is 9.92. The van der Waals surface area contributed by atoms with Crippen LogP contribution in [-0.4, -0.2) is 10.2 Å². The molecule has 0 aliphatic heterocycles. The normalized spacial score (nSPS) is 11.5. The molecule has 0 fully saturated rings. The summed E-state index contributed by atoms with van der Waals surface area (Å²) in [7, 11) is 0. The van der Waals surface area contributed by atoms with E-state index in [-0.39, 0.29) is 0 Å². The van der Waals surface area contributed by atoms with Crippen LogP contribution in [0.5, 0.6) is 11.5 Å². The standard InChI is InChI=1S/C42H70O2S/c1-7-13-19-25-33-31-39(35(27-21-15-9-3)37(41(33)43)29-23-17-11-5)45-40-32-34(26-20-14-8-2)42(44)38(30-24-18-12-6)36(40)28-22-16-10-4/h31-32,43-44H,7-30H2,1-6H3. The summed E-state index contributed by atoms with van der Waals surface area (Å²) in [6, 6.07) is 4.74. The molecule has 0 atom stereocenters. The molecule has 2 aromatic rings. The van der Waals surface area contributed by atoms with E-state index in [1.54, 1.807) is 0 Å². The zero-order valence-electron chi connectivity index (χ0n) is 30.4. The second-order valence-electron chi connectivity index (χ2n) is 13.5. The van der Waals surface area contributed by atoms with Gasteiger partial charge in [0.25, 0.3) is 0 Å². The van der Waals surface area contributed by atoms with Crippen LogP contribution in [0.1, 0.15) is 190 Å². The molecule has 0 aromatic heterocycles. The first kappa shape index (κ1) is 39.6. The highest BCUT2D eigenvalue weighted by Crippen LogP contribution is 2.44. The van der Waals surface area contributed by atoms with E-state index in [9.17, 15) is 10.2 Å². The molecule has 2 aromatic carbocycles. The minimum atomic E-state index is 0.590. The Morgan fingerprint density at radius 1 is 0.378 bits per heavy atom. The molecule has 0 unspecified atom stereocenters. The first-order valence-corrected chi connectivity index (χ1v) is 20.2. The van der Waals surface area contributed by atoms with Crippen LogP contribution < -0.4 is 0 Å². The molecule has 0 saturated heterocycles. The van der Waals surface area contributed by atoms with Gasteiger partial charge in [-0.05, 0) is 123 Å². The molecule has 0 saturated carbocycles. The van der Waals surface area contributed by atoms with Gasteiger partial charge in [-0.2, -0.15) is 0 Å². The average molecular weight is 639 g/mol. The summed E-state index contributed by atoms with van der Waals surface area (Å²) in [5, 5.41) is 23.5. The molecule has 2 N–H and O–H groups in total. The van der Waals surface area contributed by atoms with Crippen molar-refractivity contribution < 1.29 is 10.2 Å². The summed E-state index contributed by atoms with van der Waals surface area (Å²) >= 11 is 1.97. The molecule has 0 spiro atoms. The first-order chi connectivity index (χ1) is 22.0. The maximum Gasteiger partial charge on any atom is 0.122 e. The van der Waals surface area contributed by atoms with Gasteiger partial charge in [-0.3, -0.25) is 0 Å². The van der Waals surface area contributed by atoms with Gasteiger partial charge in [-0.1, -0.05) is 130 Å². The lowest BCUT2D eigenvalue weighted by Crippen LogP contribution is -2.05. The highest BCUT2D eigenvalue weighted by Gasteiger charge is 2.22. The molecule has 2 nitrogen and oxygen atoms in total. The van der Waals surface area contributed by atoms with Crippen molar-refractivity contribution in [2.45, 2.75) is 205 Å². The lowest BCUT2D eigenvalue weighted by molar-refractivity contribution is 0.455. The van der Waals surface area contributed by atoms with Gasteiger partial charge in [0.15, 0.2) is 0 Å². The number of aromatic hydroxyl groups is 2. The predicted molar refractivity (Wildman–Crippen MR) is 200 cm³/mol. The van der Waals surface area contributed by atoms with Crippen LogP contribution in [-0.2, 0) is 38.5 Å². The van der Waals surface area contributed by atoms with Crippen LogP contribution in [0.3, 0.4) is 0 Å². The van der Waals surface area contributed by atoms with E-state index < -0.39 is 0 Å². The number of rotatable bonds is 26. The SMILES string of the molecule is CCCCCc1cc(Sc2cc(CCCCC)c(O)c(CCCCC)c2CCCCC)c(CCCCC)c(CCCCC)c1O. The zero-order chi connectivity index (χ0) is 32.9. The Morgan fingerprint density at radius 2 is 0.644 bits per heavy atom. The Kier molecular flexibility index (Phi) is 20.8. The van der Waals surface area contributed by atoms with Gasteiger partial charge in [-0.15, -0.1) is 0 Å². The number of phenolic OH excluding ortho intramolecular Hbond substituents is 2. The summed E-state index contributed by atoms with van der Waals surface area (Å²) in [6.45, 7) is 13.6. The number of unbranched alkanes of at least 4 members (excludes halogenated alkanes) is 12. The fourth-order valence-corrected chi connectivity index (χ4v) is 8.04. The smallest absolute Gasteiger partial charge is 0.122 e. The van der Waals surface area contributed by atoms with Crippen LogP contribution in [0.15, 0.2) is 21.9 Å². The van der Waals surface area contributed by atoms with Crippen LogP contribution in [0.25, 0.3) is 0 Å². The largest absolute Gasteiger partial charge is 0.507 e. The second kappa shape index (κ2) is 23.7. The van der Waals surface area contributed by atoms with Crippen LogP contribution in [0, 0.1) is 0 Å². The molecular formula is C42H70O2S. The van der Waals surface area contributed by atoms with E-state index in [0.29, 0.717) is 11.5 Å². The molecule has 3 heteroatoms. The van der Waals surface area contributed by atoms with Crippen molar-refractivity contribution in [1.82, 2.24) is 0 Å². The van der Waals surface area contributed by atoms with Crippen LogP contribution in [0.4, 0.5) is 0 Å². The highest BCUT2D eigenvalue weighted by molar-refractivity contribution is 7.99. The third kappa shape index (κ3) is 13.2. The molecule has 0 aliphatic rings. The third-order valence-electron chi connectivity index (χ3n) is 9.55. The summed E-state index contributed by atoms with van der Waals surface area (Å²) in [5.41, 5.74) is 7.55. The summed E-state index contributed by atoms with van der Waals surface area (Å²) in [6.07, 6.45) is 27.2. The average Bonchev–Trinajstić information content (AvgIpc) is 3.03. The Labute approximate surface area is 283 Å². The van der Waals surface area contributed by atoms with Crippen LogP contribution >= 0.6 is 11.8 Å². The lowest BCUT2D eigenvalue weighted by Gasteiger charge is -2.23. The molecule has 0 bridgehead atoms. The van der Waals surface area contributed by atoms with E-state index in [0.717, 1.165) is 75.3 Å². The first-order valence-electron chi connectivity index (χ1n) is 19.4. The topological polar surface area (TPSA) is 40.5 Å². The molecule has 45 heavy (non-hydrogen) atoms. The number of phenols is 2. The van der Waals surface area contributed by atoms with E-state index in [1.165, 1.54) is 122 Å². The number of hydrogen-bond acceptors (Lipinski definition) is 3. The van der Waals surface area contributed by atoms with Crippen molar-refractivity contribution >= 4 is 11.8 Å². The Bertz CT molecular complexity index is 1000. The van der Waals surface area contributed by atoms with Gasteiger partial charge < -0.3 is 10.2 Å². The fourth-order valence-electron chi connectivity index (χ4n) is 6.70. The van der Waals surface area contributed by atoms with Gasteiger partial charge in [0.05, 0.1) is 0 Å². The third-order valence-corrected chi connectivity index (χ3v) is 10.7. The maximum absolute atomic E-state index is 11.7. The van der Waals surface area contributed by atoms with Gasteiger partial charge in [0, 0.05) is 9.79 Å². The van der Waals surface area contributed by atoms with Crippen molar-refractivity contribution in [3.05, 3.63) is 45.5 Å². The minimum Gasteiger partial charge on any atom is -0.507 e. The second-order valence-corrected chi connectivity index (χ2v) is 14.6. The Balaban J connectivity index is 2.77. The van der Waals surface area contributed by atoms with Gasteiger partial charge in [-0.25, -0.2) is 0 Å². The van der Waals surface area contributed by atoms with Crippen LogP contribution in [0.2, 0.25) is 0 Å². The van der Waals surface area contributed by atoms with Crippen molar-refractivity contribution in [3.63, 3.8) is 0 Å².